The van der Waals surface area contributed by atoms with Crippen molar-refractivity contribution in [3.05, 3.63) is 52.0 Å². The van der Waals surface area contributed by atoms with Gasteiger partial charge in [-0.05, 0) is 42.3 Å². The minimum Gasteiger partial charge on any atom is -0.492 e. The molecule has 0 atom stereocenters. The third-order valence-corrected chi connectivity index (χ3v) is 4.33. The molecule has 2 aromatic carbocycles. The summed E-state index contributed by atoms with van der Waals surface area (Å²) in [6.07, 6.45) is 0.960. The molecule has 1 aliphatic rings. The van der Waals surface area contributed by atoms with Crippen molar-refractivity contribution in [3.63, 3.8) is 0 Å². The second kappa shape index (κ2) is 9.01. The molecule has 0 fully saturated rings. The van der Waals surface area contributed by atoms with Gasteiger partial charge in [0.05, 0.1) is 11.6 Å². The highest BCUT2D eigenvalue weighted by atomic mass is 35.5. The zero-order valence-corrected chi connectivity index (χ0v) is 15.6. The van der Waals surface area contributed by atoms with Gasteiger partial charge in [0.25, 0.3) is 0 Å². The van der Waals surface area contributed by atoms with E-state index in [0.717, 1.165) is 17.1 Å². The monoisotopic (exact) mass is 395 g/mol. The fourth-order valence-corrected chi connectivity index (χ4v) is 2.96. The number of carbonyl (C=O) groups excluding carboxylic acids is 1. The summed E-state index contributed by atoms with van der Waals surface area (Å²) in [4.78, 5) is 12.0. The Labute approximate surface area is 162 Å². The fourth-order valence-electron chi connectivity index (χ4n) is 2.49. The van der Waals surface area contributed by atoms with E-state index in [1.807, 2.05) is 18.2 Å². The molecule has 26 heavy (non-hydrogen) atoms. The lowest BCUT2D eigenvalue weighted by molar-refractivity contribution is -0.121. The van der Waals surface area contributed by atoms with E-state index in [1.54, 1.807) is 18.2 Å². The first-order chi connectivity index (χ1) is 12.6. The molecule has 0 spiro atoms. The molecule has 0 aromatic heterocycles. The van der Waals surface area contributed by atoms with Crippen molar-refractivity contribution >= 4 is 29.1 Å². The second-order valence-electron chi connectivity index (χ2n) is 5.78. The minimum absolute atomic E-state index is 0.0364. The molecule has 138 valence electrons. The van der Waals surface area contributed by atoms with Gasteiger partial charge in [-0.3, -0.25) is 4.79 Å². The molecule has 1 heterocycles. The summed E-state index contributed by atoms with van der Waals surface area (Å²) in [5.74, 6) is 1.99. The van der Waals surface area contributed by atoms with Crippen LogP contribution in [0, 0.1) is 0 Å². The number of halogens is 2. The number of fused-ring (bicyclic) bond motifs is 1. The van der Waals surface area contributed by atoms with Gasteiger partial charge in [-0.25, -0.2) is 0 Å². The molecule has 0 unspecified atom stereocenters. The number of amides is 1. The zero-order valence-electron chi connectivity index (χ0n) is 14.1. The third-order valence-electron chi connectivity index (χ3n) is 3.80. The minimum atomic E-state index is -0.0364. The molecule has 0 saturated heterocycles. The smallest absolute Gasteiger partial charge is 0.220 e. The second-order valence-corrected chi connectivity index (χ2v) is 6.63. The number of benzene rings is 2. The highest BCUT2D eigenvalue weighted by molar-refractivity contribution is 6.35. The number of hydrogen-bond donors (Lipinski definition) is 1. The van der Waals surface area contributed by atoms with Crippen LogP contribution in [0.3, 0.4) is 0 Å². The van der Waals surface area contributed by atoms with Crippen LogP contribution >= 0.6 is 23.2 Å². The summed E-state index contributed by atoms with van der Waals surface area (Å²) in [5, 5.41) is 3.90. The summed E-state index contributed by atoms with van der Waals surface area (Å²) in [5.41, 5.74) is 0.965. The molecule has 3 rings (SSSR count). The lowest BCUT2D eigenvalue weighted by atomic mass is 10.2. The number of hydrogen-bond acceptors (Lipinski definition) is 4. The zero-order chi connectivity index (χ0) is 18.4. The lowest BCUT2D eigenvalue weighted by Gasteiger charge is -2.19. The fraction of sp³-hybridized carbons (Fsp3) is 0.316. The lowest BCUT2D eigenvalue weighted by Crippen LogP contribution is -2.23. The molecule has 0 aliphatic carbocycles. The van der Waals surface area contributed by atoms with E-state index in [0.29, 0.717) is 55.0 Å². The van der Waals surface area contributed by atoms with Crippen molar-refractivity contribution in [2.75, 3.05) is 19.8 Å². The van der Waals surface area contributed by atoms with Crippen molar-refractivity contribution < 1.29 is 19.0 Å². The SMILES string of the molecule is O=C(CCCOc1ccc(Cl)cc1Cl)NCc1ccc2c(c1)OCCO2. The molecule has 2 aromatic rings. The van der Waals surface area contributed by atoms with E-state index in [2.05, 4.69) is 5.32 Å². The van der Waals surface area contributed by atoms with Gasteiger partial charge in [-0.15, -0.1) is 0 Å². The van der Waals surface area contributed by atoms with Crippen molar-refractivity contribution in [3.8, 4) is 17.2 Å². The van der Waals surface area contributed by atoms with Gasteiger partial charge >= 0.3 is 0 Å². The van der Waals surface area contributed by atoms with Crippen LogP contribution in [0.4, 0.5) is 0 Å². The molecule has 0 saturated carbocycles. The quantitative estimate of drug-likeness (QED) is 0.712. The first kappa shape index (κ1) is 18.7. The van der Waals surface area contributed by atoms with Gasteiger partial charge in [-0.2, -0.15) is 0 Å². The van der Waals surface area contributed by atoms with Gasteiger partial charge in [0.15, 0.2) is 11.5 Å². The van der Waals surface area contributed by atoms with Crippen molar-refractivity contribution in [2.24, 2.45) is 0 Å². The summed E-state index contributed by atoms with van der Waals surface area (Å²) in [7, 11) is 0. The Balaban J connectivity index is 1.38. The van der Waals surface area contributed by atoms with Gasteiger partial charge in [0.1, 0.15) is 19.0 Å². The molecule has 1 aliphatic heterocycles. The van der Waals surface area contributed by atoms with Crippen LogP contribution in [-0.4, -0.2) is 25.7 Å². The summed E-state index contributed by atoms with van der Waals surface area (Å²) in [6, 6.07) is 10.7. The van der Waals surface area contributed by atoms with E-state index >= 15 is 0 Å². The first-order valence-corrected chi connectivity index (χ1v) is 9.10. The van der Waals surface area contributed by atoms with E-state index in [-0.39, 0.29) is 5.91 Å². The van der Waals surface area contributed by atoms with Crippen molar-refractivity contribution in [2.45, 2.75) is 19.4 Å². The van der Waals surface area contributed by atoms with Crippen molar-refractivity contribution in [1.82, 2.24) is 5.32 Å². The van der Waals surface area contributed by atoms with Crippen LogP contribution in [0.15, 0.2) is 36.4 Å². The Bertz CT molecular complexity index is 782. The van der Waals surface area contributed by atoms with E-state index in [4.69, 9.17) is 37.4 Å². The predicted octanol–water partition coefficient (Wildman–Crippen LogP) is 4.24. The Morgan fingerprint density at radius 3 is 2.69 bits per heavy atom. The normalized spacial score (nSPS) is 12.5. The topological polar surface area (TPSA) is 56.8 Å². The molecule has 1 amide bonds. The number of nitrogens with one attached hydrogen (secondary N) is 1. The van der Waals surface area contributed by atoms with Crippen LogP contribution in [-0.2, 0) is 11.3 Å². The van der Waals surface area contributed by atoms with E-state index < -0.39 is 0 Å². The Kier molecular flexibility index (Phi) is 6.47. The molecule has 1 N–H and O–H groups in total. The summed E-state index contributed by atoms with van der Waals surface area (Å²) < 4.78 is 16.6. The molecule has 0 bridgehead atoms. The Morgan fingerprint density at radius 2 is 1.88 bits per heavy atom. The number of rotatable bonds is 7. The van der Waals surface area contributed by atoms with Crippen LogP contribution in [0.1, 0.15) is 18.4 Å². The molecule has 0 radical (unpaired) electrons. The average molecular weight is 396 g/mol. The molecule has 7 heteroatoms. The number of ether oxygens (including phenoxy) is 3. The molecular weight excluding hydrogens is 377 g/mol. The highest BCUT2D eigenvalue weighted by Gasteiger charge is 2.12. The first-order valence-electron chi connectivity index (χ1n) is 8.35. The van der Waals surface area contributed by atoms with Gasteiger partial charge in [0.2, 0.25) is 5.91 Å². The summed E-state index contributed by atoms with van der Waals surface area (Å²) >= 11 is 11.9. The van der Waals surface area contributed by atoms with Crippen LogP contribution in [0.5, 0.6) is 17.2 Å². The van der Waals surface area contributed by atoms with Gasteiger partial charge in [0, 0.05) is 18.0 Å². The molecular formula is C19H19Cl2NO4. The van der Waals surface area contributed by atoms with E-state index in [1.165, 1.54) is 0 Å². The largest absolute Gasteiger partial charge is 0.492 e. The van der Waals surface area contributed by atoms with Crippen LogP contribution in [0.2, 0.25) is 10.0 Å². The van der Waals surface area contributed by atoms with Crippen LogP contribution in [0.25, 0.3) is 0 Å². The van der Waals surface area contributed by atoms with Gasteiger partial charge in [-0.1, -0.05) is 29.3 Å². The standard InChI is InChI=1S/C19H19Cl2NO4/c20-14-4-6-16(15(21)11-14)24-7-1-2-19(23)22-12-13-3-5-17-18(10-13)26-9-8-25-17/h3-6,10-11H,1-2,7-9,12H2,(H,22,23). The van der Waals surface area contributed by atoms with Gasteiger partial charge < -0.3 is 19.5 Å². The van der Waals surface area contributed by atoms with Crippen LogP contribution < -0.4 is 19.5 Å². The highest BCUT2D eigenvalue weighted by Crippen LogP contribution is 2.30. The third kappa shape index (κ3) is 5.19. The van der Waals surface area contributed by atoms with Crippen molar-refractivity contribution in [1.29, 1.82) is 0 Å². The maximum atomic E-state index is 12.0. The maximum absolute atomic E-state index is 12.0. The Hall–Kier alpha value is -2.11. The average Bonchev–Trinajstić information content (AvgIpc) is 2.65. The summed E-state index contributed by atoms with van der Waals surface area (Å²) in [6.45, 7) is 1.95. The van der Waals surface area contributed by atoms with E-state index in [9.17, 15) is 4.79 Å². The number of carbonyl (C=O) groups is 1. The Morgan fingerprint density at radius 1 is 1.08 bits per heavy atom. The molecule has 5 nitrogen and oxygen atoms in total. The maximum Gasteiger partial charge on any atom is 0.220 e. The predicted molar refractivity (Wildman–Crippen MR) is 100 cm³/mol.